The molecule has 93 heavy (non-hydrogen) atoms. The Morgan fingerprint density at radius 1 is 0.280 bits per heavy atom. The molecule has 0 aliphatic rings. The Kier molecular flexibility index (Phi) is 20.1. The lowest BCUT2D eigenvalue weighted by atomic mass is 9.79. The van der Waals surface area contributed by atoms with E-state index < -0.39 is 86.5 Å². The van der Waals surface area contributed by atoms with Crippen molar-refractivity contribution in [1.82, 2.24) is 0 Å². The fourth-order valence-electron chi connectivity index (χ4n) is 10.6. The molecule has 0 bridgehead atoms. The Bertz CT molecular complexity index is 4850. The van der Waals surface area contributed by atoms with Gasteiger partial charge < -0.3 is 40.9 Å². The second-order valence-electron chi connectivity index (χ2n) is 21.0. The van der Waals surface area contributed by atoms with E-state index in [4.69, 9.17) is 0 Å². The molecule has 8 aromatic carbocycles. The van der Waals surface area contributed by atoms with Crippen LogP contribution in [-0.2, 0) is 0 Å². The SMILES string of the molecule is CCC(C)c1cc(C(CC)c2cc(C(CC)c3cc(C(CC)c4ccc(O)c(N=Nc5ccc(C#N)c(C#N)c5)c4O)c(O)c(N=Nc4ccc(C#N)c(C#N)c4)c3O)c(O)c(N=Nc3ccc(C#N)c(C#N)c3)c2O)c(O)c(N=Nc2ccc(C#N)c(C#N)c2)c1O. The molecular formula is C69H52N16O8. The smallest absolute Gasteiger partial charge is 0.169 e. The van der Waals surface area contributed by atoms with Crippen molar-refractivity contribution in [3.63, 3.8) is 0 Å². The van der Waals surface area contributed by atoms with Crippen LogP contribution in [0.25, 0.3) is 0 Å². The maximum absolute atomic E-state index is 12.7. The molecule has 8 aromatic rings. The largest absolute Gasteiger partial charge is 0.505 e. The first kappa shape index (κ1) is 65.5. The van der Waals surface area contributed by atoms with Crippen molar-refractivity contribution in [1.29, 1.82) is 42.1 Å². The van der Waals surface area contributed by atoms with Gasteiger partial charge in [-0.1, -0.05) is 40.7 Å². The summed E-state index contributed by atoms with van der Waals surface area (Å²) in [4.78, 5) is 0. The van der Waals surface area contributed by atoms with Crippen molar-refractivity contribution in [3.05, 3.63) is 187 Å². The van der Waals surface area contributed by atoms with Crippen molar-refractivity contribution in [2.45, 2.75) is 84.0 Å². The summed E-state index contributed by atoms with van der Waals surface area (Å²) in [6.07, 6.45) is 0.581. The molecule has 8 N–H and O–H groups in total. The van der Waals surface area contributed by atoms with Gasteiger partial charge in [0.05, 0.1) is 67.3 Å². The molecule has 0 aromatic heterocycles. The third-order valence-corrected chi connectivity index (χ3v) is 15.7. The molecular weight excluding hydrogens is 1180 g/mol. The van der Waals surface area contributed by atoms with Gasteiger partial charge in [0, 0.05) is 51.1 Å². The summed E-state index contributed by atoms with van der Waals surface area (Å²) in [5.41, 5.74) is -1.39. The van der Waals surface area contributed by atoms with Gasteiger partial charge in [-0.2, -0.15) is 62.6 Å². The van der Waals surface area contributed by atoms with Gasteiger partial charge in [0.1, 0.15) is 60.1 Å². The van der Waals surface area contributed by atoms with Gasteiger partial charge in [-0.3, -0.25) is 0 Å². The van der Waals surface area contributed by atoms with Crippen LogP contribution < -0.4 is 0 Å². The maximum Gasteiger partial charge on any atom is 0.169 e. The zero-order chi connectivity index (χ0) is 67.4. The lowest BCUT2D eigenvalue weighted by molar-refractivity contribution is 0.429. The average molecular weight is 1230 g/mol. The summed E-state index contributed by atoms with van der Waals surface area (Å²) in [5.74, 6) is -8.72. The number of hydrogen-bond acceptors (Lipinski definition) is 24. The van der Waals surface area contributed by atoms with Crippen LogP contribution in [-0.4, -0.2) is 40.9 Å². The molecule has 0 radical (unpaired) electrons. The minimum absolute atomic E-state index is 0.00510. The number of phenols is 8. The summed E-state index contributed by atoms with van der Waals surface area (Å²) in [7, 11) is 0. The van der Waals surface area contributed by atoms with E-state index >= 15 is 0 Å². The number of rotatable bonds is 19. The second-order valence-corrected chi connectivity index (χ2v) is 21.0. The number of benzene rings is 8. The van der Waals surface area contributed by atoms with Crippen LogP contribution in [0.5, 0.6) is 46.0 Å². The molecule has 456 valence electrons. The summed E-state index contributed by atoms with van der Waals surface area (Å²) >= 11 is 0. The first-order valence-corrected chi connectivity index (χ1v) is 28.6. The molecule has 0 heterocycles. The average Bonchev–Trinajstić information content (AvgIpc) is 0.757. The number of aromatic hydroxyl groups is 8. The van der Waals surface area contributed by atoms with E-state index in [1.165, 1.54) is 97.1 Å². The van der Waals surface area contributed by atoms with Gasteiger partial charge in [-0.05, 0) is 134 Å². The van der Waals surface area contributed by atoms with E-state index in [1.54, 1.807) is 26.8 Å². The molecule has 0 fully saturated rings. The lowest BCUT2D eigenvalue weighted by Crippen LogP contribution is -2.08. The monoisotopic (exact) mass is 1230 g/mol. The van der Waals surface area contributed by atoms with Crippen molar-refractivity contribution in [2.24, 2.45) is 40.9 Å². The molecule has 8 rings (SSSR count). The summed E-state index contributed by atoms with van der Waals surface area (Å²) in [6.45, 7) is 8.80. The van der Waals surface area contributed by atoms with Crippen molar-refractivity contribution in [2.75, 3.05) is 0 Å². The molecule has 24 heteroatoms. The van der Waals surface area contributed by atoms with Gasteiger partial charge in [0.2, 0.25) is 0 Å². The van der Waals surface area contributed by atoms with Crippen LogP contribution in [0, 0.1) is 90.6 Å². The van der Waals surface area contributed by atoms with E-state index in [-0.39, 0.29) is 126 Å². The highest BCUT2D eigenvalue weighted by molar-refractivity contribution is 5.76. The van der Waals surface area contributed by atoms with Gasteiger partial charge in [0.25, 0.3) is 0 Å². The summed E-state index contributed by atoms with van der Waals surface area (Å²) in [6, 6.07) is 38.3. The van der Waals surface area contributed by atoms with E-state index in [9.17, 15) is 82.9 Å². The highest BCUT2D eigenvalue weighted by Crippen LogP contribution is 2.57. The first-order valence-electron chi connectivity index (χ1n) is 28.6. The molecule has 0 saturated heterocycles. The van der Waals surface area contributed by atoms with Gasteiger partial charge in [0.15, 0.2) is 57.2 Å². The number of nitriles is 8. The molecule has 4 atom stereocenters. The maximum atomic E-state index is 12.7. The third kappa shape index (κ3) is 13.1. The fourth-order valence-corrected chi connectivity index (χ4v) is 10.6. The van der Waals surface area contributed by atoms with Gasteiger partial charge in [-0.25, -0.2) is 0 Å². The molecule has 4 unspecified atom stereocenters. The van der Waals surface area contributed by atoms with Crippen molar-refractivity contribution in [3.8, 4) is 94.5 Å². The predicted molar refractivity (Wildman–Crippen MR) is 334 cm³/mol. The Labute approximate surface area is 532 Å². The number of hydrogen-bond donors (Lipinski definition) is 8. The Morgan fingerprint density at radius 3 is 0.796 bits per heavy atom. The van der Waals surface area contributed by atoms with Crippen LogP contribution in [0.1, 0.15) is 167 Å². The van der Waals surface area contributed by atoms with Crippen LogP contribution in [0.4, 0.5) is 45.5 Å². The Morgan fingerprint density at radius 2 is 0.527 bits per heavy atom. The minimum Gasteiger partial charge on any atom is -0.505 e. The lowest BCUT2D eigenvalue weighted by Gasteiger charge is -2.27. The zero-order valence-corrected chi connectivity index (χ0v) is 50.2. The topological polar surface area (TPSA) is 451 Å². The highest BCUT2D eigenvalue weighted by Gasteiger charge is 2.35. The first-order chi connectivity index (χ1) is 44.8. The van der Waals surface area contributed by atoms with E-state index in [1.807, 2.05) is 62.4 Å². The minimum atomic E-state index is -1.22. The predicted octanol–water partition coefficient (Wildman–Crippen LogP) is 17.1. The standard InChI is InChI=1S/C69H52N16O8/c1-6-35(5)52-24-53(65(89)60(64(52)88)83-79-45-15-11-37(28-71)41(21-45)32-75)49(8-3)56-26-57(69(93)62(68(56)92)85-81-47-17-13-39(30-73)43(23-47)34-77)50(9-4)55-25-54(66(90)61(67(55)91)84-80-46-16-12-38(29-72)42(22-46)33-76)48(7-2)51-18-19-58(86)59(63(51)87)82-78-44-14-10-36(27-70)40(20-44)31-74/h10-26,35,48-50,86-93H,6-9H2,1-5H3. The second kappa shape index (κ2) is 28.5. The van der Waals surface area contributed by atoms with Crippen LogP contribution in [0.15, 0.2) is 144 Å². The normalized spacial score (nSPS) is 12.4. The summed E-state index contributed by atoms with van der Waals surface area (Å²) in [5, 5.41) is 209. The van der Waals surface area contributed by atoms with Crippen molar-refractivity contribution >= 4 is 45.5 Å². The van der Waals surface area contributed by atoms with Gasteiger partial charge >= 0.3 is 0 Å². The molecule has 24 nitrogen and oxygen atoms in total. The highest BCUT2D eigenvalue weighted by atomic mass is 16.3. The van der Waals surface area contributed by atoms with E-state index in [0.29, 0.717) is 12.0 Å². The molecule has 0 aliphatic heterocycles. The number of nitrogens with zero attached hydrogens (tertiary/aromatic N) is 16. The zero-order valence-electron chi connectivity index (χ0n) is 50.2. The number of azo groups is 4. The Hall–Kier alpha value is -13.5. The third-order valence-electron chi connectivity index (χ3n) is 15.7. The molecule has 0 saturated carbocycles. The quantitative estimate of drug-likeness (QED) is 0.0349. The Balaban J connectivity index is 1.41. The fraction of sp³-hybridized carbons (Fsp3) is 0.188. The van der Waals surface area contributed by atoms with Crippen LogP contribution in [0.3, 0.4) is 0 Å². The van der Waals surface area contributed by atoms with E-state index in [2.05, 4.69) is 40.9 Å². The van der Waals surface area contributed by atoms with Crippen LogP contribution >= 0.6 is 0 Å². The molecule has 0 aliphatic carbocycles. The van der Waals surface area contributed by atoms with E-state index in [0.717, 1.165) is 0 Å². The van der Waals surface area contributed by atoms with Gasteiger partial charge in [-0.15, -0.1) is 20.5 Å². The van der Waals surface area contributed by atoms with Crippen LogP contribution in [0.2, 0.25) is 0 Å². The van der Waals surface area contributed by atoms with Crippen molar-refractivity contribution < 1.29 is 40.9 Å². The molecule has 0 spiro atoms. The number of phenolic OH excluding ortho intramolecular Hbond substituents is 8. The molecule has 0 amide bonds. The summed E-state index contributed by atoms with van der Waals surface area (Å²) < 4.78 is 0.